The minimum atomic E-state index is -0.540. The molecule has 0 aliphatic carbocycles. The van der Waals surface area contributed by atoms with Crippen molar-refractivity contribution in [1.29, 1.82) is 0 Å². The smallest absolute Gasteiger partial charge is 0.410 e. The van der Waals surface area contributed by atoms with E-state index in [0.29, 0.717) is 19.6 Å². The van der Waals surface area contributed by atoms with Crippen LogP contribution in [0.25, 0.3) is 5.69 Å². The summed E-state index contributed by atoms with van der Waals surface area (Å²) in [7, 11) is 0. The number of para-hydroxylation sites is 1. The van der Waals surface area contributed by atoms with Gasteiger partial charge in [-0.3, -0.25) is 4.57 Å². The highest BCUT2D eigenvalue weighted by atomic mass is 16.6. The van der Waals surface area contributed by atoms with Gasteiger partial charge in [-0.15, -0.1) is 0 Å². The molecule has 2 atom stereocenters. The van der Waals surface area contributed by atoms with E-state index in [9.17, 15) is 9.59 Å². The summed E-state index contributed by atoms with van der Waals surface area (Å²) >= 11 is 0. The largest absolute Gasteiger partial charge is 0.444 e. The molecule has 0 bridgehead atoms. The zero-order chi connectivity index (χ0) is 25.5. The number of carbonyl (C=O) groups is 1. The van der Waals surface area contributed by atoms with E-state index in [2.05, 4.69) is 42.0 Å². The maximum Gasteiger partial charge on any atom is 0.410 e. The third-order valence-electron chi connectivity index (χ3n) is 6.81. The second-order valence-electron chi connectivity index (χ2n) is 11.1. The number of nitrogens with one attached hydrogen (secondary N) is 1. The Labute approximate surface area is 208 Å². The quantitative estimate of drug-likeness (QED) is 0.718. The maximum absolute atomic E-state index is 13.6. The Kier molecular flexibility index (Phi) is 6.95. The van der Waals surface area contributed by atoms with Crippen molar-refractivity contribution < 1.29 is 9.53 Å². The van der Waals surface area contributed by atoms with Crippen LogP contribution in [0, 0.1) is 0 Å². The molecule has 3 heterocycles. The van der Waals surface area contributed by atoms with Gasteiger partial charge in [-0.2, -0.15) is 4.98 Å². The van der Waals surface area contributed by atoms with E-state index in [0.717, 1.165) is 41.3 Å². The highest BCUT2D eigenvalue weighted by molar-refractivity contribution is 5.69. The molecule has 4 rings (SSSR count). The van der Waals surface area contributed by atoms with Gasteiger partial charge in [0.2, 0.25) is 0 Å². The highest BCUT2D eigenvalue weighted by Crippen LogP contribution is 2.31. The van der Waals surface area contributed by atoms with E-state index in [1.165, 1.54) is 0 Å². The van der Waals surface area contributed by atoms with Crippen LogP contribution < -0.4 is 15.9 Å². The van der Waals surface area contributed by atoms with Crippen LogP contribution >= 0.6 is 0 Å². The summed E-state index contributed by atoms with van der Waals surface area (Å²) in [5.74, 6) is 1.04. The van der Waals surface area contributed by atoms with Crippen LogP contribution in [0.15, 0.2) is 29.1 Å². The zero-order valence-corrected chi connectivity index (χ0v) is 22.1. The lowest BCUT2D eigenvalue weighted by Crippen LogP contribution is -2.59. The third-order valence-corrected chi connectivity index (χ3v) is 6.81. The van der Waals surface area contributed by atoms with Gasteiger partial charge >= 0.3 is 11.8 Å². The molecule has 8 nitrogen and oxygen atoms in total. The van der Waals surface area contributed by atoms with Crippen LogP contribution in [0.2, 0.25) is 0 Å². The lowest BCUT2D eigenvalue weighted by atomic mass is 9.99. The summed E-state index contributed by atoms with van der Waals surface area (Å²) in [5.41, 5.74) is 3.33. The zero-order valence-electron chi connectivity index (χ0n) is 22.1. The SMILES string of the molecule is CC(C)c1ccccc1-n1c2c(c(N3C[C@@H](C)N(C(=O)OC(C)(C)C)C[C@@H]3C)nc1=O)CCNC2. The van der Waals surface area contributed by atoms with Crippen LogP contribution in [0.5, 0.6) is 0 Å². The predicted molar refractivity (Wildman–Crippen MR) is 139 cm³/mol. The molecule has 0 spiro atoms. The molecule has 2 aliphatic heterocycles. The minimum absolute atomic E-state index is 0.00315. The first kappa shape index (κ1) is 25.2. The molecule has 2 aromatic rings. The number of piperazine rings is 1. The molecule has 0 unspecified atom stereocenters. The van der Waals surface area contributed by atoms with Crippen molar-refractivity contribution in [2.24, 2.45) is 0 Å². The molecule has 190 valence electrons. The van der Waals surface area contributed by atoms with E-state index in [1.807, 2.05) is 45.9 Å². The van der Waals surface area contributed by atoms with Gasteiger partial charge in [-0.25, -0.2) is 9.59 Å². The fraction of sp³-hybridized carbons (Fsp3) is 0.593. The summed E-state index contributed by atoms with van der Waals surface area (Å²) in [4.78, 5) is 35.0. The molecule has 1 aromatic carbocycles. The van der Waals surface area contributed by atoms with Crippen molar-refractivity contribution in [2.45, 2.75) is 85.0 Å². The monoisotopic (exact) mass is 481 g/mol. The average Bonchev–Trinajstić information content (AvgIpc) is 2.78. The predicted octanol–water partition coefficient (Wildman–Crippen LogP) is 3.84. The Morgan fingerprint density at radius 2 is 1.86 bits per heavy atom. The number of hydrogen-bond donors (Lipinski definition) is 1. The first-order valence-electron chi connectivity index (χ1n) is 12.7. The second-order valence-corrected chi connectivity index (χ2v) is 11.1. The molecule has 1 aromatic heterocycles. The summed E-state index contributed by atoms with van der Waals surface area (Å²) < 4.78 is 7.43. The van der Waals surface area contributed by atoms with Crippen LogP contribution in [0.1, 0.15) is 71.2 Å². The molecule has 35 heavy (non-hydrogen) atoms. The lowest BCUT2D eigenvalue weighted by molar-refractivity contribution is 0.0129. The molecule has 0 radical (unpaired) electrons. The molecule has 1 amide bonds. The molecule has 2 aliphatic rings. The minimum Gasteiger partial charge on any atom is -0.444 e. The van der Waals surface area contributed by atoms with Gasteiger partial charge in [0.25, 0.3) is 0 Å². The van der Waals surface area contributed by atoms with Gasteiger partial charge in [0, 0.05) is 43.0 Å². The number of anilines is 1. The third kappa shape index (κ3) is 5.08. The molecule has 0 saturated carbocycles. The molecule has 1 saturated heterocycles. The van der Waals surface area contributed by atoms with E-state index in [4.69, 9.17) is 4.74 Å². The number of benzene rings is 1. The number of nitrogens with zero attached hydrogens (tertiary/aromatic N) is 4. The molecular weight excluding hydrogens is 442 g/mol. The number of aromatic nitrogens is 2. The Morgan fingerprint density at radius 1 is 1.14 bits per heavy atom. The van der Waals surface area contributed by atoms with Gasteiger partial charge < -0.3 is 19.9 Å². The Hall–Kier alpha value is -2.87. The van der Waals surface area contributed by atoms with Crippen molar-refractivity contribution in [3.05, 3.63) is 51.6 Å². The first-order valence-corrected chi connectivity index (χ1v) is 12.7. The second kappa shape index (κ2) is 9.64. The standard InChI is InChI=1S/C27H39N5O3/c1-17(2)20-10-8-9-11-22(20)32-23-14-28-13-12-21(23)24(29-25(32)33)30-15-19(4)31(16-18(30)3)26(34)35-27(5,6)7/h8-11,17-19,28H,12-16H2,1-7H3/t18-,19+/m0/s1. The van der Waals surface area contributed by atoms with E-state index in [1.54, 1.807) is 9.47 Å². The molecule has 1 fully saturated rings. The van der Waals surface area contributed by atoms with Crippen molar-refractivity contribution >= 4 is 11.9 Å². The number of rotatable bonds is 3. The van der Waals surface area contributed by atoms with Gasteiger partial charge in [0.15, 0.2) is 0 Å². The van der Waals surface area contributed by atoms with E-state index in [-0.39, 0.29) is 29.8 Å². The molecule has 8 heteroatoms. The van der Waals surface area contributed by atoms with E-state index < -0.39 is 5.60 Å². The van der Waals surface area contributed by atoms with Gasteiger partial charge in [-0.05, 0) is 65.1 Å². The summed E-state index contributed by atoms with van der Waals surface area (Å²) in [6.07, 6.45) is 0.506. The number of ether oxygens (including phenoxy) is 1. The van der Waals surface area contributed by atoms with Gasteiger partial charge in [0.1, 0.15) is 11.4 Å². The van der Waals surface area contributed by atoms with Crippen molar-refractivity contribution in [3.8, 4) is 5.69 Å². The first-order chi connectivity index (χ1) is 16.5. The Balaban J connectivity index is 1.73. The normalized spacial score (nSPS) is 20.7. The lowest BCUT2D eigenvalue weighted by Gasteiger charge is -2.45. The average molecular weight is 482 g/mol. The van der Waals surface area contributed by atoms with Crippen molar-refractivity contribution in [1.82, 2.24) is 19.8 Å². The summed E-state index contributed by atoms with van der Waals surface area (Å²) in [6, 6.07) is 8.03. The topological polar surface area (TPSA) is 79.7 Å². The fourth-order valence-electron chi connectivity index (χ4n) is 5.11. The number of amides is 1. The van der Waals surface area contributed by atoms with Crippen LogP contribution in [0.4, 0.5) is 10.6 Å². The number of hydrogen-bond acceptors (Lipinski definition) is 6. The molecular formula is C27H39N5O3. The number of carbonyl (C=O) groups excluding carboxylic acids is 1. The Morgan fingerprint density at radius 3 is 2.54 bits per heavy atom. The Bertz CT molecular complexity index is 1150. The summed E-state index contributed by atoms with van der Waals surface area (Å²) in [6.45, 7) is 16.6. The van der Waals surface area contributed by atoms with E-state index >= 15 is 0 Å². The van der Waals surface area contributed by atoms with Crippen molar-refractivity contribution in [3.63, 3.8) is 0 Å². The van der Waals surface area contributed by atoms with Crippen molar-refractivity contribution in [2.75, 3.05) is 24.5 Å². The van der Waals surface area contributed by atoms with Crippen LogP contribution in [-0.2, 0) is 17.7 Å². The van der Waals surface area contributed by atoms with Crippen LogP contribution in [0.3, 0.4) is 0 Å². The van der Waals surface area contributed by atoms with Gasteiger partial charge in [0.05, 0.1) is 5.69 Å². The molecule has 1 N–H and O–H groups in total. The highest BCUT2D eigenvalue weighted by Gasteiger charge is 2.37. The maximum atomic E-state index is 13.6. The van der Waals surface area contributed by atoms with Crippen LogP contribution in [-0.4, -0.2) is 57.9 Å². The van der Waals surface area contributed by atoms with Gasteiger partial charge in [-0.1, -0.05) is 32.0 Å². The fourth-order valence-corrected chi connectivity index (χ4v) is 5.11. The summed E-state index contributed by atoms with van der Waals surface area (Å²) in [5, 5.41) is 3.45. The number of fused-ring (bicyclic) bond motifs is 1.